The van der Waals surface area contributed by atoms with Gasteiger partial charge in [0.15, 0.2) is 5.71 Å². The Balaban J connectivity index is 2.56. The first-order chi connectivity index (χ1) is 10.3. The fraction of sp³-hybridized carbons (Fsp3) is 0.588. The van der Waals surface area contributed by atoms with Crippen molar-refractivity contribution in [3.05, 3.63) is 23.8 Å². The first-order valence-corrected chi connectivity index (χ1v) is 9.51. The summed E-state index contributed by atoms with van der Waals surface area (Å²) in [7, 11) is -3.24. The van der Waals surface area contributed by atoms with Crippen molar-refractivity contribution >= 4 is 24.3 Å². The molecule has 0 N–H and O–H groups in total. The molecule has 0 spiro atoms. The van der Waals surface area contributed by atoms with Gasteiger partial charge in [-0.15, -0.1) is 0 Å². The van der Waals surface area contributed by atoms with E-state index in [1.807, 2.05) is 32.0 Å². The summed E-state index contributed by atoms with van der Waals surface area (Å²) >= 11 is 0. The fourth-order valence-electron chi connectivity index (χ4n) is 3.08. The van der Waals surface area contributed by atoms with Crippen molar-refractivity contribution in [2.75, 3.05) is 19.8 Å². The lowest BCUT2D eigenvalue weighted by atomic mass is 9.82. The molecular weight excluding hydrogens is 297 g/mol. The van der Waals surface area contributed by atoms with Crippen molar-refractivity contribution in [1.29, 1.82) is 0 Å². The predicted molar refractivity (Wildman–Crippen MR) is 91.1 cm³/mol. The largest absolute Gasteiger partial charge is 0.361 e. The summed E-state index contributed by atoms with van der Waals surface area (Å²) in [4.78, 5) is 0. The molecular formula is C17H27NO3P+. The van der Waals surface area contributed by atoms with Gasteiger partial charge < -0.3 is 9.05 Å². The number of hydrogen-bond acceptors (Lipinski definition) is 3. The third-order valence-electron chi connectivity index (χ3n) is 4.48. The molecule has 0 unspecified atom stereocenters. The van der Waals surface area contributed by atoms with Gasteiger partial charge >= 0.3 is 7.60 Å². The lowest BCUT2D eigenvalue weighted by Gasteiger charge is -2.20. The van der Waals surface area contributed by atoms with Crippen molar-refractivity contribution in [2.45, 2.75) is 47.0 Å². The molecule has 4 nitrogen and oxygen atoms in total. The molecule has 1 heterocycles. The molecule has 0 bridgehead atoms. The molecule has 0 amide bonds. The summed E-state index contributed by atoms with van der Waals surface area (Å²) in [6, 6.07) is 5.92. The van der Waals surface area contributed by atoms with Crippen LogP contribution in [0.5, 0.6) is 0 Å². The Morgan fingerprint density at radius 2 is 1.73 bits per heavy atom. The van der Waals surface area contributed by atoms with Crippen LogP contribution in [0.4, 0.5) is 5.69 Å². The minimum absolute atomic E-state index is 0.0788. The van der Waals surface area contributed by atoms with Crippen LogP contribution >= 0.6 is 7.60 Å². The van der Waals surface area contributed by atoms with Crippen LogP contribution in [0.15, 0.2) is 18.2 Å². The number of benzene rings is 1. The Morgan fingerprint density at radius 3 is 2.23 bits per heavy atom. The molecule has 5 heteroatoms. The smallest absolute Gasteiger partial charge is 0.305 e. The van der Waals surface area contributed by atoms with Gasteiger partial charge in [-0.25, -0.2) is 0 Å². The highest BCUT2D eigenvalue weighted by atomic mass is 31.2. The number of rotatable bonds is 6. The third-order valence-corrected chi connectivity index (χ3v) is 6.59. The molecule has 122 valence electrons. The average molecular weight is 324 g/mol. The SMILES string of the molecule is CCOP(=O)(OCC)c1ccc2c(c1)C(C)(C)C(C)=[N+]2CC. The second-order valence-corrected chi connectivity index (χ2v) is 8.02. The molecule has 22 heavy (non-hydrogen) atoms. The first kappa shape index (κ1) is 17.4. The number of fused-ring (bicyclic) bond motifs is 1. The van der Waals surface area contributed by atoms with Gasteiger partial charge in [-0.3, -0.25) is 4.57 Å². The normalized spacial score (nSPS) is 17.0. The summed E-state index contributed by atoms with van der Waals surface area (Å²) in [5.74, 6) is 0. The molecule has 0 saturated carbocycles. The van der Waals surface area contributed by atoms with E-state index in [4.69, 9.17) is 9.05 Å². The third kappa shape index (κ3) is 2.68. The molecule has 0 aliphatic carbocycles. The van der Waals surface area contributed by atoms with E-state index in [9.17, 15) is 4.57 Å². The van der Waals surface area contributed by atoms with Gasteiger partial charge in [-0.05, 0) is 46.8 Å². The standard InChI is InChI=1S/C17H27NO3P/c1-7-18-13(4)17(5,6)15-12-14(10-11-16(15)18)22(19,20-8-2)21-9-3/h10-12H,7-9H2,1-6H3/q+1. The van der Waals surface area contributed by atoms with Crippen molar-refractivity contribution in [3.63, 3.8) is 0 Å². The van der Waals surface area contributed by atoms with Crippen LogP contribution in [0.1, 0.15) is 47.1 Å². The zero-order valence-electron chi connectivity index (χ0n) is 14.5. The molecule has 0 saturated heterocycles. The molecule has 0 fully saturated rings. The van der Waals surface area contributed by atoms with Crippen LogP contribution in [0.3, 0.4) is 0 Å². The van der Waals surface area contributed by atoms with Gasteiger partial charge in [-0.1, -0.05) is 0 Å². The van der Waals surface area contributed by atoms with Gasteiger partial charge in [0, 0.05) is 18.6 Å². The van der Waals surface area contributed by atoms with Crippen molar-refractivity contribution in [1.82, 2.24) is 0 Å². The molecule has 1 aromatic carbocycles. The number of hydrogen-bond donors (Lipinski definition) is 0. The highest BCUT2D eigenvalue weighted by Gasteiger charge is 2.43. The van der Waals surface area contributed by atoms with E-state index in [0.717, 1.165) is 6.54 Å². The monoisotopic (exact) mass is 324 g/mol. The number of nitrogens with zero attached hydrogens (tertiary/aromatic N) is 1. The van der Waals surface area contributed by atoms with E-state index in [2.05, 4.69) is 32.3 Å². The second kappa shape index (κ2) is 6.27. The van der Waals surface area contributed by atoms with E-state index in [1.54, 1.807) is 0 Å². The van der Waals surface area contributed by atoms with Gasteiger partial charge in [0.1, 0.15) is 6.54 Å². The van der Waals surface area contributed by atoms with Gasteiger partial charge in [0.2, 0.25) is 5.69 Å². The van der Waals surface area contributed by atoms with Crippen molar-refractivity contribution in [2.24, 2.45) is 0 Å². The Hall–Kier alpha value is -0.960. The zero-order chi connectivity index (χ0) is 16.5. The van der Waals surface area contributed by atoms with Gasteiger partial charge in [-0.2, -0.15) is 4.58 Å². The maximum Gasteiger partial charge on any atom is 0.361 e. The summed E-state index contributed by atoms with van der Waals surface area (Å²) in [5.41, 5.74) is 3.60. The van der Waals surface area contributed by atoms with Crippen LogP contribution in [0.25, 0.3) is 0 Å². The van der Waals surface area contributed by atoms with Crippen LogP contribution in [-0.4, -0.2) is 30.0 Å². The van der Waals surface area contributed by atoms with E-state index < -0.39 is 7.60 Å². The van der Waals surface area contributed by atoms with Crippen LogP contribution in [0.2, 0.25) is 0 Å². The maximum absolute atomic E-state index is 13.0. The topological polar surface area (TPSA) is 38.5 Å². The molecule has 1 aliphatic rings. The Bertz CT molecular complexity index is 639. The molecule has 2 rings (SSSR count). The second-order valence-electron chi connectivity index (χ2n) is 5.99. The van der Waals surface area contributed by atoms with E-state index >= 15 is 0 Å². The van der Waals surface area contributed by atoms with Crippen molar-refractivity contribution in [3.8, 4) is 0 Å². The minimum atomic E-state index is -3.24. The fourth-order valence-corrected chi connectivity index (χ4v) is 4.67. The highest BCUT2D eigenvalue weighted by molar-refractivity contribution is 7.62. The molecule has 1 aliphatic heterocycles. The van der Waals surface area contributed by atoms with Crippen molar-refractivity contribution < 1.29 is 18.2 Å². The molecule has 1 aromatic rings. The minimum Gasteiger partial charge on any atom is -0.305 e. The maximum atomic E-state index is 13.0. The van der Waals surface area contributed by atoms with E-state index in [1.165, 1.54) is 17.0 Å². The quantitative estimate of drug-likeness (QED) is 0.586. The van der Waals surface area contributed by atoms with Gasteiger partial charge in [0.05, 0.1) is 23.9 Å². The Morgan fingerprint density at radius 1 is 1.14 bits per heavy atom. The summed E-state index contributed by atoms with van der Waals surface area (Å²) < 4.78 is 26.3. The summed E-state index contributed by atoms with van der Waals surface area (Å²) in [6.45, 7) is 14.0. The Kier molecular flexibility index (Phi) is 4.96. The van der Waals surface area contributed by atoms with Gasteiger partial charge in [0.25, 0.3) is 0 Å². The summed E-state index contributed by atoms with van der Waals surface area (Å²) in [5, 5.41) is 0.647. The Labute approximate surface area is 133 Å². The van der Waals surface area contributed by atoms with E-state index in [0.29, 0.717) is 18.5 Å². The van der Waals surface area contributed by atoms with Crippen LogP contribution < -0.4 is 5.30 Å². The highest BCUT2D eigenvalue weighted by Crippen LogP contribution is 2.49. The van der Waals surface area contributed by atoms with Crippen LogP contribution in [0, 0.1) is 0 Å². The molecule has 0 aromatic heterocycles. The first-order valence-electron chi connectivity index (χ1n) is 7.97. The lowest BCUT2D eigenvalue weighted by Crippen LogP contribution is -2.27. The van der Waals surface area contributed by atoms with E-state index in [-0.39, 0.29) is 5.41 Å². The molecule has 0 radical (unpaired) electrons. The average Bonchev–Trinajstić information content (AvgIpc) is 2.66. The predicted octanol–water partition coefficient (Wildman–Crippen LogP) is 3.99. The summed E-state index contributed by atoms with van der Waals surface area (Å²) in [6.07, 6.45) is 0. The lowest BCUT2D eigenvalue weighted by molar-refractivity contribution is -0.434. The van der Waals surface area contributed by atoms with Crippen LogP contribution in [-0.2, 0) is 19.0 Å². The zero-order valence-corrected chi connectivity index (χ0v) is 15.4. The molecule has 0 atom stereocenters.